The molecule has 1 aliphatic rings. The summed E-state index contributed by atoms with van der Waals surface area (Å²) in [6.45, 7) is 0. The van der Waals surface area contributed by atoms with Gasteiger partial charge in [-0.05, 0) is 147 Å². The van der Waals surface area contributed by atoms with Crippen molar-refractivity contribution in [2.45, 2.75) is 0 Å². The minimum Gasteiger partial charge on any atom is -0.192 e. The normalized spacial score (nSPS) is 11.6. The van der Waals surface area contributed by atoms with Crippen molar-refractivity contribution in [2.75, 3.05) is 0 Å². The van der Waals surface area contributed by atoms with Gasteiger partial charge in [-0.3, -0.25) is 0 Å². The summed E-state index contributed by atoms with van der Waals surface area (Å²) in [5, 5.41) is 28.7. The van der Waals surface area contributed by atoms with E-state index < -0.39 is 0 Å². The van der Waals surface area contributed by atoms with Crippen LogP contribution in [0.3, 0.4) is 0 Å². The Morgan fingerprint density at radius 1 is 0.280 bits per heavy atom. The largest absolute Gasteiger partial charge is 0.192 e. The number of rotatable bonds is 3. The summed E-state index contributed by atoms with van der Waals surface area (Å²) >= 11 is 0. The molecule has 1 aliphatic carbocycles. The fourth-order valence-corrected chi connectivity index (χ4v) is 8.14. The first-order valence-corrected chi connectivity index (χ1v) is 16.8. The van der Waals surface area contributed by atoms with Crippen molar-refractivity contribution in [3.05, 3.63) is 169 Å². The van der Waals surface area contributed by atoms with E-state index in [0.717, 1.165) is 22.3 Å². The van der Waals surface area contributed by atoms with Crippen LogP contribution in [0.1, 0.15) is 11.1 Å². The lowest BCUT2D eigenvalue weighted by Crippen LogP contribution is -1.91. The molecular weight excluding hydrogens is 605 g/mol. The van der Waals surface area contributed by atoms with Gasteiger partial charge in [0.25, 0.3) is 0 Å². The SMILES string of the molecule is N#Cc1ccc(-c2cc3c4cc5c(cc4c(-c4ccc(C#N)cc4)cc3c3ccccc23)-c2ccc(-c3ccccc3)c3cccc-5c23)cc1. The monoisotopic (exact) mass is 630 g/mol. The van der Waals surface area contributed by atoms with Crippen LogP contribution in [-0.2, 0) is 0 Å². The van der Waals surface area contributed by atoms with Crippen molar-refractivity contribution in [1.29, 1.82) is 10.5 Å². The van der Waals surface area contributed by atoms with E-state index >= 15 is 0 Å². The molecule has 0 amide bonds. The van der Waals surface area contributed by atoms with Crippen LogP contribution in [0, 0.1) is 22.7 Å². The number of nitrogens with zero attached hydrogens (tertiary/aromatic N) is 2. The van der Waals surface area contributed by atoms with Crippen LogP contribution in [0.4, 0.5) is 0 Å². The second kappa shape index (κ2) is 10.8. The van der Waals surface area contributed by atoms with Crippen LogP contribution in [0.2, 0.25) is 0 Å². The van der Waals surface area contributed by atoms with Crippen molar-refractivity contribution in [3.8, 4) is 67.8 Å². The van der Waals surface area contributed by atoms with Crippen LogP contribution >= 0.6 is 0 Å². The number of fused-ring (bicyclic) bond motifs is 8. The maximum atomic E-state index is 9.57. The van der Waals surface area contributed by atoms with E-state index in [1.807, 2.05) is 24.3 Å². The molecule has 0 radical (unpaired) electrons. The molecule has 2 heteroatoms. The lowest BCUT2D eigenvalue weighted by molar-refractivity contribution is 1.48. The lowest BCUT2D eigenvalue weighted by atomic mass is 9.86. The summed E-state index contributed by atoms with van der Waals surface area (Å²) in [5.74, 6) is 0. The zero-order valence-corrected chi connectivity index (χ0v) is 26.9. The highest BCUT2D eigenvalue weighted by Gasteiger charge is 2.25. The zero-order chi connectivity index (χ0) is 33.3. The van der Waals surface area contributed by atoms with E-state index in [0.29, 0.717) is 11.1 Å². The van der Waals surface area contributed by atoms with Gasteiger partial charge in [-0.25, -0.2) is 0 Å². The van der Waals surface area contributed by atoms with Gasteiger partial charge in [-0.2, -0.15) is 10.5 Å². The van der Waals surface area contributed by atoms with Crippen LogP contribution in [-0.4, -0.2) is 0 Å². The molecule has 0 unspecified atom stereocenters. The number of benzene rings is 9. The predicted molar refractivity (Wildman–Crippen MR) is 207 cm³/mol. The predicted octanol–water partition coefficient (Wildman–Crippen LogP) is 12.7. The second-order valence-electron chi connectivity index (χ2n) is 13.1. The third-order valence-electron chi connectivity index (χ3n) is 10.5. The highest BCUT2D eigenvalue weighted by atomic mass is 14.3. The first-order chi connectivity index (χ1) is 24.7. The van der Waals surface area contributed by atoms with Crippen molar-refractivity contribution in [1.82, 2.24) is 0 Å². The number of hydrogen-bond acceptors (Lipinski definition) is 2. The van der Waals surface area contributed by atoms with Crippen molar-refractivity contribution in [2.24, 2.45) is 0 Å². The Morgan fingerprint density at radius 2 is 0.740 bits per heavy atom. The highest BCUT2D eigenvalue weighted by molar-refractivity contribution is 6.27. The van der Waals surface area contributed by atoms with Gasteiger partial charge >= 0.3 is 0 Å². The van der Waals surface area contributed by atoms with E-state index in [1.165, 1.54) is 76.5 Å². The Bertz CT molecular complexity index is 2960. The molecule has 0 saturated heterocycles. The Morgan fingerprint density at radius 3 is 1.40 bits per heavy atom. The van der Waals surface area contributed by atoms with E-state index in [1.54, 1.807) is 0 Å². The molecule has 0 bridgehead atoms. The molecule has 0 aromatic heterocycles. The van der Waals surface area contributed by atoms with E-state index in [4.69, 9.17) is 0 Å². The summed E-state index contributed by atoms with van der Waals surface area (Å²) in [6.07, 6.45) is 0. The average molecular weight is 631 g/mol. The Kier molecular flexibility index (Phi) is 6.04. The fraction of sp³-hybridized carbons (Fsp3) is 0. The van der Waals surface area contributed by atoms with Crippen molar-refractivity contribution < 1.29 is 0 Å². The average Bonchev–Trinajstić information content (AvgIpc) is 3.50. The summed E-state index contributed by atoms with van der Waals surface area (Å²) in [4.78, 5) is 0. The third kappa shape index (κ3) is 4.07. The van der Waals surface area contributed by atoms with Crippen LogP contribution in [0.15, 0.2) is 158 Å². The van der Waals surface area contributed by atoms with Gasteiger partial charge < -0.3 is 0 Å². The minimum absolute atomic E-state index is 0.647. The Balaban J connectivity index is 1.33. The molecule has 0 fully saturated rings. The molecule has 10 rings (SSSR count). The van der Waals surface area contributed by atoms with Gasteiger partial charge in [0.2, 0.25) is 0 Å². The first kappa shape index (κ1) is 28.1. The summed E-state index contributed by atoms with van der Waals surface area (Å²) in [5.41, 5.74) is 13.2. The first-order valence-electron chi connectivity index (χ1n) is 16.8. The summed E-state index contributed by atoms with van der Waals surface area (Å²) < 4.78 is 0. The number of hydrogen-bond donors (Lipinski definition) is 0. The minimum atomic E-state index is 0.647. The number of nitriles is 2. The van der Waals surface area contributed by atoms with Gasteiger partial charge in [0, 0.05) is 0 Å². The van der Waals surface area contributed by atoms with Crippen molar-refractivity contribution >= 4 is 43.1 Å². The molecule has 228 valence electrons. The molecule has 0 atom stereocenters. The van der Waals surface area contributed by atoms with E-state index in [2.05, 4.69) is 146 Å². The second-order valence-corrected chi connectivity index (χ2v) is 13.1. The molecule has 0 saturated carbocycles. The summed E-state index contributed by atoms with van der Waals surface area (Å²) in [6, 6.07) is 60.4. The van der Waals surface area contributed by atoms with Gasteiger partial charge in [0.1, 0.15) is 0 Å². The fourth-order valence-electron chi connectivity index (χ4n) is 8.14. The maximum Gasteiger partial charge on any atom is 0.0991 e. The molecule has 0 spiro atoms. The van der Waals surface area contributed by atoms with Gasteiger partial charge in [0.15, 0.2) is 0 Å². The molecule has 9 aromatic rings. The molecule has 0 aliphatic heterocycles. The van der Waals surface area contributed by atoms with Crippen LogP contribution in [0.25, 0.3) is 98.7 Å². The van der Waals surface area contributed by atoms with Gasteiger partial charge in [-0.1, -0.05) is 109 Å². The molecular formula is C48H26N2. The smallest absolute Gasteiger partial charge is 0.0991 e. The molecule has 50 heavy (non-hydrogen) atoms. The summed E-state index contributed by atoms with van der Waals surface area (Å²) in [7, 11) is 0. The molecule has 9 aromatic carbocycles. The molecule has 2 nitrogen and oxygen atoms in total. The van der Waals surface area contributed by atoms with E-state index in [9.17, 15) is 10.5 Å². The molecule has 0 N–H and O–H groups in total. The lowest BCUT2D eigenvalue weighted by Gasteiger charge is -2.17. The van der Waals surface area contributed by atoms with Crippen LogP contribution in [0.5, 0.6) is 0 Å². The van der Waals surface area contributed by atoms with Gasteiger partial charge in [-0.15, -0.1) is 0 Å². The molecule has 0 heterocycles. The highest BCUT2D eigenvalue weighted by Crippen LogP contribution is 2.52. The Hall–Kier alpha value is -7.00. The van der Waals surface area contributed by atoms with E-state index in [-0.39, 0.29) is 0 Å². The standard InChI is InChI=1S/C48H26N2/c49-27-29-13-17-32(18-14-29)40-23-46-42(36-10-5-4-9-35(36)40)24-41(33-19-15-30(28-50)16-20-33)45-25-44-39-22-21-34(31-7-2-1-3-8-31)37-11-6-12-38(48(37)39)43(44)26-47(45)46/h1-26H. The van der Waals surface area contributed by atoms with Crippen LogP contribution < -0.4 is 0 Å². The quantitative estimate of drug-likeness (QED) is 0.182. The zero-order valence-electron chi connectivity index (χ0n) is 26.9. The van der Waals surface area contributed by atoms with Crippen molar-refractivity contribution in [3.63, 3.8) is 0 Å². The maximum absolute atomic E-state index is 9.57. The topological polar surface area (TPSA) is 47.6 Å². The van der Waals surface area contributed by atoms with Gasteiger partial charge in [0.05, 0.1) is 23.3 Å². The third-order valence-corrected chi connectivity index (χ3v) is 10.5. The Labute approximate surface area is 289 Å².